The maximum atomic E-state index is 5.51. The number of nitrogens with zero attached hydrogens (tertiary/aromatic N) is 1. The van der Waals surface area contributed by atoms with Crippen LogP contribution in [0.3, 0.4) is 0 Å². The molecule has 2 fully saturated rings. The highest BCUT2D eigenvalue weighted by Gasteiger charge is 2.28. The SMILES string of the molecule is S=C1NC[C@H](c2ccccc2)N1CCCCC1CCCCC1. The Bertz CT molecular complexity index is 468. The van der Waals surface area contributed by atoms with E-state index in [4.69, 9.17) is 12.2 Å². The lowest BCUT2D eigenvalue weighted by atomic mass is 9.86. The molecule has 3 heteroatoms. The molecule has 1 atom stereocenters. The molecule has 2 nitrogen and oxygen atoms in total. The van der Waals surface area contributed by atoms with Gasteiger partial charge in [-0.2, -0.15) is 0 Å². The van der Waals surface area contributed by atoms with Gasteiger partial charge in [0.2, 0.25) is 0 Å². The molecule has 120 valence electrons. The fourth-order valence-corrected chi connectivity index (χ4v) is 4.26. The van der Waals surface area contributed by atoms with E-state index in [1.165, 1.54) is 56.9 Å². The molecule has 0 bridgehead atoms. The standard InChI is InChI=1S/C19H28N2S/c22-19-20-15-18(17-12-5-2-6-13-17)21(19)14-8-7-11-16-9-3-1-4-10-16/h2,5-6,12-13,16,18H,1,3-4,7-11,14-15H2,(H,20,22)/t18-/m1/s1. The third-order valence-electron chi connectivity index (χ3n) is 5.25. The number of rotatable bonds is 6. The minimum absolute atomic E-state index is 0.420. The molecule has 0 unspecified atom stereocenters. The maximum absolute atomic E-state index is 5.51. The van der Waals surface area contributed by atoms with E-state index < -0.39 is 0 Å². The lowest BCUT2D eigenvalue weighted by Crippen LogP contribution is -2.30. The van der Waals surface area contributed by atoms with Gasteiger partial charge in [0.15, 0.2) is 5.11 Å². The first-order valence-electron chi connectivity index (χ1n) is 8.94. The molecule has 0 amide bonds. The highest BCUT2D eigenvalue weighted by molar-refractivity contribution is 7.80. The summed E-state index contributed by atoms with van der Waals surface area (Å²) in [6.45, 7) is 2.05. The molecule has 1 aliphatic heterocycles. The second-order valence-corrected chi connectivity index (χ2v) is 7.19. The first kappa shape index (κ1) is 15.8. The van der Waals surface area contributed by atoms with Crippen LogP contribution >= 0.6 is 12.2 Å². The minimum Gasteiger partial charge on any atom is -0.360 e. The molecular weight excluding hydrogens is 288 g/mol. The summed E-state index contributed by atoms with van der Waals surface area (Å²) in [5.41, 5.74) is 1.38. The first-order chi connectivity index (χ1) is 10.8. The average Bonchev–Trinajstić information content (AvgIpc) is 2.94. The van der Waals surface area contributed by atoms with Crippen molar-refractivity contribution in [3.8, 4) is 0 Å². The molecule has 1 heterocycles. The first-order valence-corrected chi connectivity index (χ1v) is 9.35. The van der Waals surface area contributed by atoms with Crippen LogP contribution in [0.1, 0.15) is 63.0 Å². The van der Waals surface area contributed by atoms with Crippen molar-refractivity contribution in [1.29, 1.82) is 0 Å². The van der Waals surface area contributed by atoms with Crippen molar-refractivity contribution in [3.63, 3.8) is 0 Å². The van der Waals surface area contributed by atoms with E-state index in [0.717, 1.165) is 24.1 Å². The number of hydrogen-bond donors (Lipinski definition) is 1. The third kappa shape index (κ3) is 4.01. The topological polar surface area (TPSA) is 15.3 Å². The monoisotopic (exact) mass is 316 g/mol. The highest BCUT2D eigenvalue weighted by atomic mass is 32.1. The van der Waals surface area contributed by atoms with Crippen LogP contribution in [-0.4, -0.2) is 23.1 Å². The highest BCUT2D eigenvalue weighted by Crippen LogP contribution is 2.29. The van der Waals surface area contributed by atoms with Crippen molar-refractivity contribution in [3.05, 3.63) is 35.9 Å². The lowest BCUT2D eigenvalue weighted by molar-refractivity contribution is 0.309. The van der Waals surface area contributed by atoms with Gasteiger partial charge in [0.05, 0.1) is 6.04 Å². The quantitative estimate of drug-likeness (QED) is 0.606. The Morgan fingerprint density at radius 3 is 2.59 bits per heavy atom. The van der Waals surface area contributed by atoms with Crippen molar-refractivity contribution < 1.29 is 0 Å². The molecular formula is C19H28N2S. The van der Waals surface area contributed by atoms with Gasteiger partial charge in [-0.15, -0.1) is 0 Å². The van der Waals surface area contributed by atoms with Gasteiger partial charge in [0.1, 0.15) is 0 Å². The summed E-state index contributed by atoms with van der Waals surface area (Å²) in [6.07, 6.45) is 11.4. The van der Waals surface area contributed by atoms with Crippen molar-refractivity contribution in [2.75, 3.05) is 13.1 Å². The van der Waals surface area contributed by atoms with E-state index in [1.807, 2.05) is 0 Å². The predicted octanol–water partition coefficient (Wildman–Crippen LogP) is 4.67. The molecule has 0 aromatic heterocycles. The number of nitrogens with one attached hydrogen (secondary N) is 1. The molecule has 1 N–H and O–H groups in total. The normalized spacial score (nSPS) is 22.8. The Morgan fingerprint density at radius 2 is 1.82 bits per heavy atom. The Hall–Kier alpha value is -1.09. The molecule has 0 spiro atoms. The smallest absolute Gasteiger partial charge is 0.169 e. The molecule has 2 aliphatic rings. The average molecular weight is 317 g/mol. The fraction of sp³-hybridized carbons (Fsp3) is 0.632. The summed E-state index contributed by atoms with van der Waals surface area (Å²) in [7, 11) is 0. The Kier molecular flexibility index (Phi) is 5.71. The van der Waals surface area contributed by atoms with Crippen LogP contribution < -0.4 is 5.32 Å². The van der Waals surface area contributed by atoms with Gasteiger partial charge in [-0.25, -0.2) is 0 Å². The molecule has 0 radical (unpaired) electrons. The molecule has 3 rings (SSSR count). The number of benzene rings is 1. The Balaban J connectivity index is 1.46. The lowest BCUT2D eigenvalue weighted by Gasteiger charge is -2.26. The molecule has 1 saturated heterocycles. The van der Waals surface area contributed by atoms with E-state index in [2.05, 4.69) is 40.5 Å². The van der Waals surface area contributed by atoms with E-state index in [9.17, 15) is 0 Å². The van der Waals surface area contributed by atoms with Crippen molar-refractivity contribution in [2.45, 2.75) is 57.4 Å². The van der Waals surface area contributed by atoms with Crippen molar-refractivity contribution in [2.24, 2.45) is 5.92 Å². The second kappa shape index (κ2) is 7.96. The van der Waals surface area contributed by atoms with E-state index in [1.54, 1.807) is 0 Å². The number of unbranched alkanes of at least 4 members (excludes halogenated alkanes) is 1. The Morgan fingerprint density at radius 1 is 1.05 bits per heavy atom. The van der Waals surface area contributed by atoms with Gasteiger partial charge < -0.3 is 10.2 Å². The third-order valence-corrected chi connectivity index (χ3v) is 5.63. The van der Waals surface area contributed by atoms with Crippen LogP contribution in [0.15, 0.2) is 30.3 Å². The zero-order valence-electron chi connectivity index (χ0n) is 13.5. The van der Waals surface area contributed by atoms with E-state index >= 15 is 0 Å². The van der Waals surface area contributed by atoms with Crippen molar-refractivity contribution >= 4 is 17.3 Å². The zero-order valence-corrected chi connectivity index (χ0v) is 14.3. The maximum Gasteiger partial charge on any atom is 0.169 e. The van der Waals surface area contributed by atoms with Crippen molar-refractivity contribution in [1.82, 2.24) is 10.2 Å². The van der Waals surface area contributed by atoms with Crippen LogP contribution in [0.2, 0.25) is 0 Å². The van der Waals surface area contributed by atoms with E-state index in [-0.39, 0.29) is 0 Å². The Labute approximate surface area is 140 Å². The van der Waals surface area contributed by atoms with Gasteiger partial charge >= 0.3 is 0 Å². The largest absolute Gasteiger partial charge is 0.360 e. The van der Waals surface area contributed by atoms with Gasteiger partial charge in [-0.1, -0.05) is 75.3 Å². The molecule has 1 aliphatic carbocycles. The number of thiocarbonyl (C=S) groups is 1. The minimum atomic E-state index is 0.420. The molecule has 1 aromatic carbocycles. The second-order valence-electron chi connectivity index (χ2n) is 6.81. The van der Waals surface area contributed by atoms with Gasteiger partial charge in [0.25, 0.3) is 0 Å². The van der Waals surface area contributed by atoms with Crippen LogP contribution in [0, 0.1) is 5.92 Å². The predicted molar refractivity (Wildman–Crippen MR) is 96.9 cm³/mol. The summed E-state index contributed by atoms with van der Waals surface area (Å²) in [6, 6.07) is 11.2. The number of hydrogen-bond acceptors (Lipinski definition) is 1. The van der Waals surface area contributed by atoms with Gasteiger partial charge in [-0.05, 0) is 30.1 Å². The van der Waals surface area contributed by atoms with Gasteiger partial charge in [-0.3, -0.25) is 0 Å². The summed E-state index contributed by atoms with van der Waals surface area (Å²) in [5, 5.41) is 4.30. The summed E-state index contributed by atoms with van der Waals surface area (Å²) in [5.74, 6) is 1.00. The fourth-order valence-electron chi connectivity index (χ4n) is 3.96. The zero-order chi connectivity index (χ0) is 15.2. The summed E-state index contributed by atoms with van der Waals surface area (Å²) < 4.78 is 0. The molecule has 1 saturated carbocycles. The van der Waals surface area contributed by atoms with Crippen LogP contribution in [-0.2, 0) is 0 Å². The van der Waals surface area contributed by atoms with Crippen LogP contribution in [0.5, 0.6) is 0 Å². The van der Waals surface area contributed by atoms with Crippen LogP contribution in [0.4, 0.5) is 0 Å². The van der Waals surface area contributed by atoms with Crippen LogP contribution in [0.25, 0.3) is 0 Å². The summed E-state index contributed by atoms with van der Waals surface area (Å²) >= 11 is 5.51. The van der Waals surface area contributed by atoms with E-state index in [0.29, 0.717) is 6.04 Å². The summed E-state index contributed by atoms with van der Waals surface area (Å²) in [4.78, 5) is 2.39. The molecule has 22 heavy (non-hydrogen) atoms. The molecule has 1 aromatic rings. The van der Waals surface area contributed by atoms with Gasteiger partial charge in [0, 0.05) is 13.1 Å².